The van der Waals surface area contributed by atoms with Crippen LogP contribution in [0, 0.1) is 5.92 Å². The molecule has 1 rings (SSSR count). The Labute approximate surface area is 127 Å². The van der Waals surface area contributed by atoms with E-state index in [2.05, 4.69) is 6.92 Å². The molecule has 0 spiro atoms. The number of carbonyl (C=O) groups excluding carboxylic acids is 1. The van der Waals surface area contributed by atoms with Crippen LogP contribution >= 0.6 is 0 Å². The van der Waals surface area contributed by atoms with Gasteiger partial charge in [0, 0.05) is 0 Å². The normalized spacial score (nSPS) is 15.1. The number of unbranched alkanes of at least 4 members (excludes halogenated alkanes) is 1. The molecule has 4 nitrogen and oxygen atoms in total. The zero-order chi connectivity index (χ0) is 15.9. The summed E-state index contributed by atoms with van der Waals surface area (Å²) < 4.78 is 10.0. The van der Waals surface area contributed by atoms with Crippen LogP contribution in [0.25, 0.3) is 0 Å². The van der Waals surface area contributed by atoms with E-state index in [-0.39, 0.29) is 5.97 Å². The molecule has 0 amide bonds. The number of carbonyl (C=O) groups is 1. The first-order valence-electron chi connectivity index (χ1n) is 7.48. The highest BCUT2D eigenvalue weighted by Gasteiger charge is 2.41. The second kappa shape index (κ2) is 8.03. The predicted octanol–water partition coefficient (Wildman–Crippen LogP) is 3.27. The molecule has 1 aromatic carbocycles. The Morgan fingerprint density at radius 3 is 2.29 bits per heavy atom. The highest BCUT2D eigenvalue weighted by molar-refractivity contribution is 5.74. The van der Waals surface area contributed by atoms with Crippen LogP contribution in [0.3, 0.4) is 0 Å². The molecule has 2 atom stereocenters. The summed E-state index contributed by atoms with van der Waals surface area (Å²) in [7, 11) is 2.96. The van der Waals surface area contributed by atoms with E-state index in [9.17, 15) is 9.90 Å². The summed E-state index contributed by atoms with van der Waals surface area (Å²) in [6, 6.07) is 7.21. The van der Waals surface area contributed by atoms with Gasteiger partial charge in [0.2, 0.25) is 0 Å². The lowest BCUT2D eigenvalue weighted by Gasteiger charge is -2.34. The highest BCUT2D eigenvalue weighted by atomic mass is 16.5. The SMILES string of the molecule is CCCCC(C(=O)OC)C(O)(CC)c1ccc(OC)cc1. The van der Waals surface area contributed by atoms with Crippen LogP contribution in [0.15, 0.2) is 24.3 Å². The van der Waals surface area contributed by atoms with Gasteiger partial charge in [0.15, 0.2) is 0 Å². The molecule has 1 N–H and O–H groups in total. The van der Waals surface area contributed by atoms with Crippen molar-refractivity contribution in [2.45, 2.75) is 45.1 Å². The molecule has 4 heteroatoms. The molecule has 1 aromatic rings. The molecule has 2 unspecified atom stereocenters. The van der Waals surface area contributed by atoms with Crippen molar-refractivity contribution >= 4 is 5.97 Å². The highest BCUT2D eigenvalue weighted by Crippen LogP contribution is 2.37. The Kier molecular flexibility index (Phi) is 6.69. The van der Waals surface area contributed by atoms with E-state index in [1.165, 1.54) is 7.11 Å². The Hall–Kier alpha value is -1.55. The molecule has 0 saturated heterocycles. The Morgan fingerprint density at radius 1 is 1.24 bits per heavy atom. The average molecular weight is 294 g/mol. The lowest BCUT2D eigenvalue weighted by molar-refractivity contribution is -0.158. The van der Waals surface area contributed by atoms with E-state index in [1.807, 2.05) is 19.1 Å². The van der Waals surface area contributed by atoms with Crippen molar-refractivity contribution in [1.29, 1.82) is 0 Å². The second-order valence-corrected chi connectivity index (χ2v) is 5.22. The van der Waals surface area contributed by atoms with Gasteiger partial charge in [0.05, 0.1) is 20.1 Å². The van der Waals surface area contributed by atoms with Crippen molar-refractivity contribution in [3.8, 4) is 5.75 Å². The number of ether oxygens (including phenoxy) is 2. The molecular weight excluding hydrogens is 268 g/mol. The van der Waals surface area contributed by atoms with Gasteiger partial charge >= 0.3 is 5.97 Å². The van der Waals surface area contributed by atoms with E-state index in [1.54, 1.807) is 19.2 Å². The van der Waals surface area contributed by atoms with Crippen LogP contribution in [0.2, 0.25) is 0 Å². The van der Waals surface area contributed by atoms with Crippen LogP contribution in [0.5, 0.6) is 5.75 Å². The maximum absolute atomic E-state index is 12.1. The fourth-order valence-electron chi connectivity index (χ4n) is 2.63. The summed E-state index contributed by atoms with van der Waals surface area (Å²) in [5.41, 5.74) is -0.494. The van der Waals surface area contributed by atoms with E-state index < -0.39 is 11.5 Å². The van der Waals surface area contributed by atoms with Crippen LogP contribution < -0.4 is 4.74 Å². The summed E-state index contributed by atoms with van der Waals surface area (Å²) in [6.45, 7) is 3.94. The van der Waals surface area contributed by atoms with Gasteiger partial charge in [-0.3, -0.25) is 4.79 Å². The van der Waals surface area contributed by atoms with Crippen LogP contribution in [0.1, 0.15) is 45.1 Å². The molecular formula is C17H26O4. The van der Waals surface area contributed by atoms with E-state index in [0.29, 0.717) is 12.8 Å². The van der Waals surface area contributed by atoms with Crippen molar-refractivity contribution in [2.75, 3.05) is 14.2 Å². The van der Waals surface area contributed by atoms with Gasteiger partial charge in [-0.1, -0.05) is 38.8 Å². The first-order chi connectivity index (χ1) is 10.0. The number of methoxy groups -OCH3 is 2. The fraction of sp³-hybridized carbons (Fsp3) is 0.588. The van der Waals surface area contributed by atoms with Crippen molar-refractivity contribution in [3.05, 3.63) is 29.8 Å². The monoisotopic (exact) mass is 294 g/mol. The summed E-state index contributed by atoms with van der Waals surface area (Å²) in [5.74, 6) is -0.190. The minimum Gasteiger partial charge on any atom is -0.497 e. The zero-order valence-corrected chi connectivity index (χ0v) is 13.4. The first-order valence-corrected chi connectivity index (χ1v) is 7.48. The van der Waals surface area contributed by atoms with Gasteiger partial charge < -0.3 is 14.6 Å². The molecule has 0 aliphatic heterocycles. The van der Waals surface area contributed by atoms with Gasteiger partial charge in [-0.25, -0.2) is 0 Å². The fourth-order valence-corrected chi connectivity index (χ4v) is 2.63. The van der Waals surface area contributed by atoms with Crippen LogP contribution in [-0.4, -0.2) is 25.3 Å². The van der Waals surface area contributed by atoms with E-state index in [4.69, 9.17) is 9.47 Å². The molecule has 0 saturated carbocycles. The third-order valence-electron chi connectivity index (χ3n) is 4.04. The molecule has 0 aliphatic carbocycles. The number of hydrogen-bond acceptors (Lipinski definition) is 4. The van der Waals surface area contributed by atoms with Crippen molar-refractivity contribution in [3.63, 3.8) is 0 Å². The van der Waals surface area contributed by atoms with Crippen LogP contribution in [-0.2, 0) is 15.1 Å². The molecule has 0 aromatic heterocycles. The molecule has 118 valence electrons. The number of aliphatic hydroxyl groups is 1. The Balaban J connectivity index is 3.14. The maximum Gasteiger partial charge on any atom is 0.311 e. The summed E-state index contributed by atoms with van der Waals surface area (Å²) in [4.78, 5) is 12.1. The largest absolute Gasteiger partial charge is 0.497 e. The Morgan fingerprint density at radius 2 is 1.86 bits per heavy atom. The standard InChI is InChI=1S/C17H26O4/c1-5-7-8-15(16(18)21-4)17(19,6-2)13-9-11-14(20-3)12-10-13/h9-12,15,19H,5-8H2,1-4H3. The van der Waals surface area contributed by atoms with Crippen molar-refractivity contribution in [1.82, 2.24) is 0 Å². The summed E-state index contributed by atoms with van der Waals surface area (Å²) in [5, 5.41) is 11.1. The molecule has 0 fully saturated rings. The van der Waals surface area contributed by atoms with Gasteiger partial charge in [-0.05, 0) is 30.5 Å². The summed E-state index contributed by atoms with van der Waals surface area (Å²) >= 11 is 0. The van der Waals surface area contributed by atoms with Crippen molar-refractivity contribution in [2.24, 2.45) is 5.92 Å². The lowest BCUT2D eigenvalue weighted by atomic mass is 9.76. The number of esters is 1. The molecule has 0 bridgehead atoms. The maximum atomic E-state index is 12.1. The van der Waals surface area contributed by atoms with E-state index >= 15 is 0 Å². The van der Waals surface area contributed by atoms with Gasteiger partial charge in [0.1, 0.15) is 11.4 Å². The quantitative estimate of drug-likeness (QED) is 0.748. The van der Waals surface area contributed by atoms with Gasteiger partial charge in [-0.2, -0.15) is 0 Å². The molecule has 0 aliphatic rings. The minimum atomic E-state index is -1.21. The average Bonchev–Trinajstić information content (AvgIpc) is 2.54. The third-order valence-corrected chi connectivity index (χ3v) is 4.04. The second-order valence-electron chi connectivity index (χ2n) is 5.22. The van der Waals surface area contributed by atoms with E-state index in [0.717, 1.165) is 24.2 Å². The van der Waals surface area contributed by atoms with Crippen molar-refractivity contribution < 1.29 is 19.4 Å². The molecule has 0 radical (unpaired) electrons. The molecule has 21 heavy (non-hydrogen) atoms. The van der Waals surface area contributed by atoms with Gasteiger partial charge in [0.25, 0.3) is 0 Å². The number of benzene rings is 1. The smallest absolute Gasteiger partial charge is 0.311 e. The number of hydrogen-bond donors (Lipinski definition) is 1. The topological polar surface area (TPSA) is 55.8 Å². The first kappa shape index (κ1) is 17.5. The predicted molar refractivity (Wildman–Crippen MR) is 82.2 cm³/mol. The lowest BCUT2D eigenvalue weighted by Crippen LogP contribution is -2.40. The number of rotatable bonds is 8. The molecule has 0 heterocycles. The summed E-state index contributed by atoms with van der Waals surface area (Å²) in [6.07, 6.45) is 2.90. The van der Waals surface area contributed by atoms with Gasteiger partial charge in [-0.15, -0.1) is 0 Å². The van der Waals surface area contributed by atoms with Crippen LogP contribution in [0.4, 0.5) is 0 Å². The third kappa shape index (κ3) is 3.97. The zero-order valence-electron chi connectivity index (χ0n) is 13.4. The Bertz CT molecular complexity index is 441. The minimum absolute atomic E-state index is 0.358.